The van der Waals surface area contributed by atoms with Crippen LogP contribution in [0, 0.1) is 0 Å². The first-order valence-electron chi connectivity index (χ1n) is 7.70. The van der Waals surface area contributed by atoms with E-state index in [9.17, 15) is 4.79 Å². The molecule has 122 valence electrons. The molecule has 2 aromatic rings. The third-order valence-corrected chi connectivity index (χ3v) is 4.17. The number of rotatable bonds is 5. The van der Waals surface area contributed by atoms with Crippen LogP contribution < -0.4 is 9.47 Å². The van der Waals surface area contributed by atoms with Crippen molar-refractivity contribution in [2.45, 2.75) is 25.9 Å². The summed E-state index contributed by atoms with van der Waals surface area (Å²) in [6.07, 6.45) is 4.91. The standard InChI is InChI=1S/C17H21N3O3/c1-22-14-5-3-13(11-15(14)23-2)4-6-17(21)20-10-9-19-8-7-18-16(19)12-20/h3,5,7-8,11H,4,6,9-10,12H2,1-2H3. The smallest absolute Gasteiger partial charge is 0.223 e. The van der Waals surface area contributed by atoms with Crippen LogP contribution in [-0.4, -0.2) is 41.1 Å². The molecule has 6 nitrogen and oxygen atoms in total. The minimum atomic E-state index is 0.161. The average molecular weight is 315 g/mol. The van der Waals surface area contributed by atoms with Gasteiger partial charge in [0.1, 0.15) is 5.82 Å². The number of imidazole rings is 1. The number of hydrogen-bond donors (Lipinski definition) is 0. The van der Waals surface area contributed by atoms with E-state index in [1.54, 1.807) is 20.4 Å². The first-order valence-corrected chi connectivity index (χ1v) is 7.70. The number of fused-ring (bicyclic) bond motifs is 1. The molecule has 0 bridgehead atoms. The van der Waals surface area contributed by atoms with Crippen LogP contribution in [0.2, 0.25) is 0 Å². The Morgan fingerprint density at radius 2 is 2.04 bits per heavy atom. The Labute approximate surface area is 135 Å². The van der Waals surface area contributed by atoms with Gasteiger partial charge >= 0.3 is 0 Å². The first-order chi connectivity index (χ1) is 11.2. The molecule has 3 rings (SSSR count). The Balaban J connectivity index is 1.59. The molecule has 1 amide bonds. The molecule has 0 fully saturated rings. The average Bonchev–Trinajstić information content (AvgIpc) is 3.06. The maximum atomic E-state index is 12.4. The zero-order valence-corrected chi connectivity index (χ0v) is 13.5. The van der Waals surface area contributed by atoms with Gasteiger partial charge in [-0.2, -0.15) is 0 Å². The fourth-order valence-corrected chi connectivity index (χ4v) is 2.83. The quantitative estimate of drug-likeness (QED) is 0.845. The van der Waals surface area contributed by atoms with Gasteiger partial charge in [0, 0.05) is 31.9 Å². The zero-order chi connectivity index (χ0) is 16.2. The first kappa shape index (κ1) is 15.4. The molecule has 1 aliphatic rings. The fraction of sp³-hybridized carbons (Fsp3) is 0.412. The molecule has 1 aliphatic heterocycles. The lowest BCUT2D eigenvalue weighted by molar-refractivity contribution is -0.132. The maximum absolute atomic E-state index is 12.4. The Bertz CT molecular complexity index is 696. The molecular weight excluding hydrogens is 294 g/mol. The van der Waals surface area contributed by atoms with E-state index in [0.717, 1.165) is 24.5 Å². The van der Waals surface area contributed by atoms with E-state index >= 15 is 0 Å². The van der Waals surface area contributed by atoms with Gasteiger partial charge in [0.2, 0.25) is 5.91 Å². The van der Waals surface area contributed by atoms with Crippen LogP contribution in [0.1, 0.15) is 17.8 Å². The topological polar surface area (TPSA) is 56.6 Å². The highest BCUT2D eigenvalue weighted by Crippen LogP contribution is 2.28. The molecule has 1 aromatic heterocycles. The lowest BCUT2D eigenvalue weighted by atomic mass is 10.1. The second-order valence-electron chi connectivity index (χ2n) is 5.54. The van der Waals surface area contributed by atoms with Gasteiger partial charge in [-0.25, -0.2) is 4.98 Å². The number of aryl methyl sites for hydroxylation is 1. The van der Waals surface area contributed by atoms with Crippen molar-refractivity contribution in [2.75, 3.05) is 20.8 Å². The van der Waals surface area contributed by atoms with E-state index in [1.807, 2.05) is 29.3 Å². The minimum Gasteiger partial charge on any atom is -0.493 e. The molecule has 1 aromatic carbocycles. The summed E-state index contributed by atoms with van der Waals surface area (Å²) in [5.74, 6) is 2.51. The largest absolute Gasteiger partial charge is 0.493 e. The second kappa shape index (κ2) is 6.73. The Kier molecular flexibility index (Phi) is 4.50. The summed E-state index contributed by atoms with van der Waals surface area (Å²) >= 11 is 0. The van der Waals surface area contributed by atoms with Gasteiger partial charge in [-0.3, -0.25) is 4.79 Å². The number of methoxy groups -OCH3 is 2. The van der Waals surface area contributed by atoms with E-state index in [1.165, 1.54) is 0 Å². The number of hydrogen-bond acceptors (Lipinski definition) is 4. The number of carbonyl (C=O) groups is 1. The van der Waals surface area contributed by atoms with Crippen molar-refractivity contribution in [1.82, 2.24) is 14.5 Å². The summed E-state index contributed by atoms with van der Waals surface area (Å²) < 4.78 is 12.6. The van der Waals surface area contributed by atoms with Gasteiger partial charge < -0.3 is 18.9 Å². The molecule has 0 unspecified atom stereocenters. The maximum Gasteiger partial charge on any atom is 0.223 e. The van der Waals surface area contributed by atoms with Crippen LogP contribution in [0.4, 0.5) is 0 Å². The second-order valence-corrected chi connectivity index (χ2v) is 5.54. The normalized spacial score (nSPS) is 13.6. The Morgan fingerprint density at radius 3 is 2.83 bits per heavy atom. The highest BCUT2D eigenvalue weighted by molar-refractivity contribution is 5.76. The van der Waals surface area contributed by atoms with Crippen molar-refractivity contribution >= 4 is 5.91 Å². The van der Waals surface area contributed by atoms with E-state index in [4.69, 9.17) is 9.47 Å². The molecule has 6 heteroatoms. The molecule has 0 spiro atoms. The van der Waals surface area contributed by atoms with E-state index in [0.29, 0.717) is 30.9 Å². The molecule has 0 saturated carbocycles. The Morgan fingerprint density at radius 1 is 1.22 bits per heavy atom. The van der Waals surface area contributed by atoms with Crippen LogP contribution in [0.3, 0.4) is 0 Å². The van der Waals surface area contributed by atoms with Crippen LogP contribution in [0.15, 0.2) is 30.6 Å². The number of benzene rings is 1. The monoisotopic (exact) mass is 315 g/mol. The predicted octanol–water partition coefficient (Wildman–Crippen LogP) is 1.88. The van der Waals surface area contributed by atoms with Crippen molar-refractivity contribution in [1.29, 1.82) is 0 Å². The third-order valence-electron chi connectivity index (χ3n) is 4.17. The molecule has 0 radical (unpaired) electrons. The predicted molar refractivity (Wildman–Crippen MR) is 85.5 cm³/mol. The molecule has 0 aliphatic carbocycles. The molecule has 0 saturated heterocycles. The number of aromatic nitrogens is 2. The fourth-order valence-electron chi connectivity index (χ4n) is 2.83. The van der Waals surface area contributed by atoms with Gasteiger partial charge in [-0.1, -0.05) is 6.07 Å². The van der Waals surface area contributed by atoms with Crippen LogP contribution >= 0.6 is 0 Å². The molecular formula is C17H21N3O3. The summed E-state index contributed by atoms with van der Waals surface area (Å²) in [6.45, 7) is 2.16. The van der Waals surface area contributed by atoms with Crippen molar-refractivity contribution in [3.8, 4) is 11.5 Å². The highest BCUT2D eigenvalue weighted by atomic mass is 16.5. The summed E-state index contributed by atoms with van der Waals surface area (Å²) in [6, 6.07) is 5.77. The number of nitrogens with zero attached hydrogens (tertiary/aromatic N) is 3. The lowest BCUT2D eigenvalue weighted by Gasteiger charge is -2.27. The SMILES string of the molecule is COc1ccc(CCC(=O)N2CCn3ccnc3C2)cc1OC. The zero-order valence-electron chi connectivity index (χ0n) is 13.5. The molecule has 2 heterocycles. The summed E-state index contributed by atoms with van der Waals surface area (Å²) in [5.41, 5.74) is 1.06. The van der Waals surface area contributed by atoms with Crippen molar-refractivity contribution in [2.24, 2.45) is 0 Å². The van der Waals surface area contributed by atoms with Gasteiger partial charge in [-0.15, -0.1) is 0 Å². The minimum absolute atomic E-state index is 0.161. The summed E-state index contributed by atoms with van der Waals surface area (Å²) in [4.78, 5) is 18.6. The van der Waals surface area contributed by atoms with Crippen molar-refractivity contribution < 1.29 is 14.3 Å². The van der Waals surface area contributed by atoms with Gasteiger partial charge in [0.15, 0.2) is 11.5 Å². The van der Waals surface area contributed by atoms with Crippen LogP contribution in [-0.2, 0) is 24.3 Å². The number of carbonyl (C=O) groups excluding carboxylic acids is 1. The van der Waals surface area contributed by atoms with Crippen LogP contribution in [0.5, 0.6) is 11.5 Å². The van der Waals surface area contributed by atoms with Crippen molar-refractivity contribution in [3.05, 3.63) is 42.0 Å². The van der Waals surface area contributed by atoms with Gasteiger partial charge in [0.25, 0.3) is 0 Å². The van der Waals surface area contributed by atoms with Crippen molar-refractivity contribution in [3.63, 3.8) is 0 Å². The molecule has 0 N–H and O–H groups in total. The Hall–Kier alpha value is -2.50. The van der Waals surface area contributed by atoms with E-state index in [-0.39, 0.29) is 5.91 Å². The van der Waals surface area contributed by atoms with E-state index in [2.05, 4.69) is 9.55 Å². The van der Waals surface area contributed by atoms with Gasteiger partial charge in [0.05, 0.1) is 20.8 Å². The molecule has 0 atom stereocenters. The number of ether oxygens (including phenoxy) is 2. The molecule has 23 heavy (non-hydrogen) atoms. The van der Waals surface area contributed by atoms with Gasteiger partial charge in [-0.05, 0) is 24.1 Å². The van der Waals surface area contributed by atoms with Crippen LogP contribution in [0.25, 0.3) is 0 Å². The highest BCUT2D eigenvalue weighted by Gasteiger charge is 2.20. The summed E-state index contributed by atoms with van der Waals surface area (Å²) in [5, 5.41) is 0. The number of amides is 1. The third kappa shape index (κ3) is 3.31. The lowest BCUT2D eigenvalue weighted by Crippen LogP contribution is -2.38. The van der Waals surface area contributed by atoms with E-state index < -0.39 is 0 Å². The summed E-state index contributed by atoms with van der Waals surface area (Å²) in [7, 11) is 3.23.